The lowest BCUT2D eigenvalue weighted by atomic mass is 10.2. The molecule has 0 radical (unpaired) electrons. The summed E-state index contributed by atoms with van der Waals surface area (Å²) in [5.41, 5.74) is 4.39. The highest BCUT2D eigenvalue weighted by Gasteiger charge is 2.06. The van der Waals surface area contributed by atoms with Crippen LogP contribution in [0.25, 0.3) is 0 Å². The highest BCUT2D eigenvalue weighted by molar-refractivity contribution is 5.46. The maximum Gasteiger partial charge on any atom is 0.221 e. The van der Waals surface area contributed by atoms with Crippen molar-refractivity contribution in [1.82, 2.24) is 9.97 Å². The number of ether oxygens (including phenoxy) is 1. The predicted octanol–water partition coefficient (Wildman–Crippen LogP) is 1.65. The molecular formula is C12H14N4O. The van der Waals surface area contributed by atoms with Crippen LogP contribution < -0.4 is 16.0 Å². The fourth-order valence-electron chi connectivity index (χ4n) is 1.45. The monoisotopic (exact) mass is 230 g/mol. The first kappa shape index (κ1) is 11.3. The first-order chi connectivity index (χ1) is 8.31. The number of rotatable bonds is 4. The lowest BCUT2D eigenvalue weighted by Crippen LogP contribution is -2.11. The van der Waals surface area contributed by atoms with Crippen molar-refractivity contribution in [1.29, 1.82) is 0 Å². The summed E-state index contributed by atoms with van der Waals surface area (Å²) in [6.07, 6.45) is 1.42. The molecule has 0 spiro atoms. The van der Waals surface area contributed by atoms with Crippen LogP contribution in [0, 0.1) is 6.92 Å². The number of nitrogens with one attached hydrogen (secondary N) is 1. The van der Waals surface area contributed by atoms with Crippen molar-refractivity contribution in [2.75, 3.05) is 5.43 Å². The molecule has 1 heterocycles. The van der Waals surface area contributed by atoms with Crippen LogP contribution >= 0.6 is 0 Å². The largest absolute Gasteiger partial charge is 0.472 e. The second-order valence-corrected chi connectivity index (χ2v) is 3.57. The molecule has 0 aliphatic heterocycles. The molecule has 0 saturated carbocycles. The van der Waals surface area contributed by atoms with Gasteiger partial charge in [0.25, 0.3) is 0 Å². The summed E-state index contributed by atoms with van der Waals surface area (Å²) in [6, 6.07) is 9.91. The molecule has 0 amide bonds. The molecule has 0 aliphatic carbocycles. The van der Waals surface area contributed by atoms with Gasteiger partial charge in [-0.3, -0.25) is 0 Å². The third kappa shape index (κ3) is 2.70. The van der Waals surface area contributed by atoms with Gasteiger partial charge in [0.15, 0.2) is 0 Å². The van der Waals surface area contributed by atoms with E-state index in [1.807, 2.05) is 37.3 Å². The smallest absolute Gasteiger partial charge is 0.221 e. The Balaban J connectivity index is 2.09. The van der Waals surface area contributed by atoms with Crippen LogP contribution in [-0.4, -0.2) is 9.97 Å². The molecule has 0 aliphatic rings. The lowest BCUT2D eigenvalue weighted by molar-refractivity contribution is 0.291. The third-order valence-electron chi connectivity index (χ3n) is 2.39. The molecule has 0 atom stereocenters. The van der Waals surface area contributed by atoms with E-state index in [1.165, 1.54) is 6.33 Å². The van der Waals surface area contributed by atoms with Gasteiger partial charge in [-0.1, -0.05) is 30.3 Å². The van der Waals surface area contributed by atoms with Crippen molar-refractivity contribution in [3.63, 3.8) is 0 Å². The van der Waals surface area contributed by atoms with Crippen LogP contribution in [0.1, 0.15) is 11.1 Å². The van der Waals surface area contributed by atoms with Gasteiger partial charge >= 0.3 is 0 Å². The van der Waals surface area contributed by atoms with Crippen molar-refractivity contribution in [2.24, 2.45) is 5.84 Å². The maximum absolute atomic E-state index is 5.62. The molecule has 2 rings (SSSR count). The number of hydrogen-bond donors (Lipinski definition) is 2. The highest BCUT2D eigenvalue weighted by Crippen LogP contribution is 2.20. The second-order valence-electron chi connectivity index (χ2n) is 3.57. The van der Waals surface area contributed by atoms with Gasteiger partial charge in [0.2, 0.25) is 5.88 Å². The topological polar surface area (TPSA) is 73.1 Å². The fourth-order valence-corrected chi connectivity index (χ4v) is 1.45. The van der Waals surface area contributed by atoms with Crippen molar-refractivity contribution >= 4 is 5.82 Å². The Morgan fingerprint density at radius 2 is 2.00 bits per heavy atom. The summed E-state index contributed by atoms with van der Waals surface area (Å²) in [6.45, 7) is 2.33. The number of nitrogens with zero attached hydrogens (tertiary/aromatic N) is 2. The highest BCUT2D eigenvalue weighted by atomic mass is 16.5. The molecule has 5 heteroatoms. The van der Waals surface area contributed by atoms with E-state index in [9.17, 15) is 0 Å². The van der Waals surface area contributed by atoms with Crippen LogP contribution in [-0.2, 0) is 6.61 Å². The molecule has 1 aromatic heterocycles. The van der Waals surface area contributed by atoms with Crippen LogP contribution in [0.3, 0.4) is 0 Å². The van der Waals surface area contributed by atoms with Gasteiger partial charge in [-0.2, -0.15) is 0 Å². The number of nitrogen functional groups attached to an aromatic ring is 1. The second kappa shape index (κ2) is 5.27. The standard InChI is InChI=1S/C12H14N4O/c1-9-11(16-13)14-8-15-12(9)17-7-10-5-3-2-4-6-10/h2-6,8H,7,13H2,1H3,(H,14,15,16). The SMILES string of the molecule is Cc1c(NN)ncnc1OCc1ccccc1. The molecule has 17 heavy (non-hydrogen) atoms. The predicted molar refractivity (Wildman–Crippen MR) is 65.4 cm³/mol. The summed E-state index contributed by atoms with van der Waals surface area (Å²) in [5, 5.41) is 0. The van der Waals surface area contributed by atoms with Gasteiger partial charge in [-0.05, 0) is 12.5 Å². The van der Waals surface area contributed by atoms with E-state index in [0.29, 0.717) is 18.3 Å². The van der Waals surface area contributed by atoms with E-state index in [1.54, 1.807) is 0 Å². The normalized spacial score (nSPS) is 10.0. The molecule has 5 nitrogen and oxygen atoms in total. The Kier molecular flexibility index (Phi) is 3.52. The minimum absolute atomic E-state index is 0.475. The van der Waals surface area contributed by atoms with Crippen LogP contribution in [0.4, 0.5) is 5.82 Å². The Morgan fingerprint density at radius 3 is 2.71 bits per heavy atom. The third-order valence-corrected chi connectivity index (χ3v) is 2.39. The molecule has 2 aromatic rings. The van der Waals surface area contributed by atoms with Crippen LogP contribution in [0.15, 0.2) is 36.7 Å². The Labute approximate surface area is 99.6 Å². The number of aromatic nitrogens is 2. The molecule has 1 aromatic carbocycles. The summed E-state index contributed by atoms with van der Waals surface area (Å²) >= 11 is 0. The van der Waals surface area contributed by atoms with Crippen molar-refractivity contribution < 1.29 is 4.74 Å². The average Bonchev–Trinajstić information content (AvgIpc) is 2.39. The van der Waals surface area contributed by atoms with E-state index in [0.717, 1.165) is 11.1 Å². The summed E-state index contributed by atoms with van der Waals surface area (Å²) in [7, 11) is 0. The lowest BCUT2D eigenvalue weighted by Gasteiger charge is -2.10. The Hall–Kier alpha value is -2.14. The van der Waals surface area contributed by atoms with Crippen LogP contribution in [0.2, 0.25) is 0 Å². The van der Waals surface area contributed by atoms with Crippen LogP contribution in [0.5, 0.6) is 5.88 Å². The minimum atomic E-state index is 0.475. The van der Waals surface area contributed by atoms with E-state index in [2.05, 4.69) is 15.4 Å². The van der Waals surface area contributed by atoms with Gasteiger partial charge in [0.1, 0.15) is 18.8 Å². The fraction of sp³-hybridized carbons (Fsp3) is 0.167. The summed E-state index contributed by atoms with van der Waals surface area (Å²) in [5.74, 6) is 6.44. The molecule has 0 bridgehead atoms. The van der Waals surface area contributed by atoms with Gasteiger partial charge < -0.3 is 10.2 Å². The number of anilines is 1. The molecule has 88 valence electrons. The Morgan fingerprint density at radius 1 is 1.24 bits per heavy atom. The molecule has 0 fully saturated rings. The zero-order valence-electron chi connectivity index (χ0n) is 9.55. The van der Waals surface area contributed by atoms with E-state index in [-0.39, 0.29) is 0 Å². The molecule has 0 unspecified atom stereocenters. The first-order valence-electron chi connectivity index (χ1n) is 5.26. The Bertz CT molecular complexity index is 487. The van der Waals surface area contributed by atoms with E-state index >= 15 is 0 Å². The van der Waals surface area contributed by atoms with Gasteiger partial charge in [0.05, 0.1) is 5.56 Å². The number of hydrazine groups is 1. The molecule has 3 N–H and O–H groups in total. The average molecular weight is 230 g/mol. The summed E-state index contributed by atoms with van der Waals surface area (Å²) in [4.78, 5) is 8.06. The zero-order chi connectivity index (χ0) is 12.1. The minimum Gasteiger partial charge on any atom is -0.472 e. The van der Waals surface area contributed by atoms with Gasteiger partial charge in [-0.25, -0.2) is 15.8 Å². The quantitative estimate of drug-likeness (QED) is 0.617. The zero-order valence-corrected chi connectivity index (χ0v) is 9.55. The molecular weight excluding hydrogens is 216 g/mol. The van der Waals surface area contributed by atoms with E-state index in [4.69, 9.17) is 10.6 Å². The van der Waals surface area contributed by atoms with E-state index < -0.39 is 0 Å². The van der Waals surface area contributed by atoms with Crippen molar-refractivity contribution in [3.05, 3.63) is 47.8 Å². The molecule has 0 saturated heterocycles. The van der Waals surface area contributed by atoms with Crippen molar-refractivity contribution in [3.8, 4) is 5.88 Å². The first-order valence-corrected chi connectivity index (χ1v) is 5.26. The number of benzene rings is 1. The van der Waals surface area contributed by atoms with Gasteiger partial charge in [-0.15, -0.1) is 0 Å². The number of nitrogens with two attached hydrogens (primary N) is 1. The number of hydrogen-bond acceptors (Lipinski definition) is 5. The maximum atomic E-state index is 5.62. The van der Waals surface area contributed by atoms with Crippen molar-refractivity contribution in [2.45, 2.75) is 13.5 Å². The van der Waals surface area contributed by atoms with Gasteiger partial charge in [0, 0.05) is 0 Å². The summed E-state index contributed by atoms with van der Waals surface area (Å²) < 4.78 is 5.62.